The average Bonchev–Trinajstić information content (AvgIpc) is 2.65. The van der Waals surface area contributed by atoms with Gasteiger partial charge < -0.3 is 14.1 Å². The third-order valence-electron chi connectivity index (χ3n) is 4.20. The maximum Gasteiger partial charge on any atom is 0.417 e. The van der Waals surface area contributed by atoms with Gasteiger partial charge in [0, 0.05) is 29.2 Å². The van der Waals surface area contributed by atoms with E-state index in [-0.39, 0.29) is 35.3 Å². The van der Waals surface area contributed by atoms with E-state index in [1.165, 1.54) is 12.1 Å². The number of rotatable bonds is 5. The van der Waals surface area contributed by atoms with Crippen LogP contribution in [0.15, 0.2) is 63.8 Å². The summed E-state index contributed by atoms with van der Waals surface area (Å²) in [5, 5.41) is -0.260. The lowest BCUT2D eigenvalue weighted by Gasteiger charge is -2.26. The quantitative estimate of drug-likeness (QED) is 0.581. The Morgan fingerprint density at radius 2 is 1.79 bits per heavy atom. The first-order chi connectivity index (χ1) is 13.7. The highest BCUT2D eigenvalue weighted by molar-refractivity contribution is 5.95. The molecule has 0 spiro atoms. The molecule has 152 valence electrons. The molecule has 2 aromatic carbocycles. The Morgan fingerprint density at radius 3 is 2.41 bits per heavy atom. The van der Waals surface area contributed by atoms with Crippen LogP contribution in [0.1, 0.15) is 19.4 Å². The smallest absolute Gasteiger partial charge is 0.417 e. The van der Waals surface area contributed by atoms with Gasteiger partial charge in [-0.2, -0.15) is 13.2 Å². The standard InChI is InChI=1S/C21H18F3NO4/c1-13(2)25(14-6-4-3-5-7-14)19(26)12-28-15-8-9-16-17(21(22,23)24)11-20(27)29-18(16)10-15/h3-11,13H,12H2,1-2H3. The summed E-state index contributed by atoms with van der Waals surface area (Å²) in [5.41, 5.74) is -1.76. The minimum atomic E-state index is -4.69. The van der Waals surface area contributed by atoms with Crippen LogP contribution in [0.3, 0.4) is 0 Å². The molecule has 0 aliphatic rings. The lowest BCUT2D eigenvalue weighted by molar-refractivity contribution is -0.136. The van der Waals surface area contributed by atoms with Crippen LogP contribution in [-0.2, 0) is 11.0 Å². The van der Waals surface area contributed by atoms with E-state index in [1.807, 2.05) is 32.0 Å². The minimum absolute atomic E-state index is 0.116. The molecule has 0 radical (unpaired) electrons. The van der Waals surface area contributed by atoms with Crippen LogP contribution in [0, 0.1) is 0 Å². The number of hydrogen-bond acceptors (Lipinski definition) is 4. The Kier molecular flexibility index (Phi) is 5.63. The van der Waals surface area contributed by atoms with Crippen LogP contribution in [0.2, 0.25) is 0 Å². The van der Waals surface area contributed by atoms with Crippen molar-refractivity contribution < 1.29 is 27.1 Å². The summed E-state index contributed by atoms with van der Waals surface area (Å²) >= 11 is 0. The topological polar surface area (TPSA) is 59.8 Å². The van der Waals surface area contributed by atoms with Crippen LogP contribution in [-0.4, -0.2) is 18.6 Å². The van der Waals surface area contributed by atoms with Crippen molar-refractivity contribution >= 4 is 22.6 Å². The monoisotopic (exact) mass is 405 g/mol. The van der Waals surface area contributed by atoms with Gasteiger partial charge in [0.15, 0.2) is 6.61 Å². The normalized spacial score (nSPS) is 11.7. The number of alkyl halides is 3. The van der Waals surface area contributed by atoms with Crippen molar-refractivity contribution in [2.75, 3.05) is 11.5 Å². The summed E-state index contributed by atoms with van der Waals surface area (Å²) in [4.78, 5) is 25.7. The summed E-state index contributed by atoms with van der Waals surface area (Å²) < 4.78 is 49.7. The molecule has 0 aliphatic heterocycles. The summed E-state index contributed by atoms with van der Waals surface area (Å²) in [6, 6.07) is 12.9. The Bertz CT molecular complexity index is 1070. The molecule has 0 fully saturated rings. The molecule has 0 saturated carbocycles. The first kappa shape index (κ1) is 20.4. The van der Waals surface area contributed by atoms with E-state index in [1.54, 1.807) is 17.0 Å². The van der Waals surface area contributed by atoms with E-state index < -0.39 is 17.4 Å². The summed E-state index contributed by atoms with van der Waals surface area (Å²) in [6.07, 6.45) is -4.69. The Hall–Kier alpha value is -3.29. The van der Waals surface area contributed by atoms with Crippen molar-refractivity contribution in [3.05, 3.63) is 70.6 Å². The fraction of sp³-hybridized carbons (Fsp3) is 0.238. The van der Waals surface area contributed by atoms with Crippen molar-refractivity contribution in [1.29, 1.82) is 0 Å². The maximum atomic E-state index is 13.1. The van der Waals surface area contributed by atoms with Crippen molar-refractivity contribution in [2.24, 2.45) is 0 Å². The Morgan fingerprint density at radius 1 is 1.10 bits per heavy atom. The number of ether oxygens (including phenoxy) is 1. The molecule has 0 N–H and O–H groups in total. The van der Waals surface area contributed by atoms with E-state index in [2.05, 4.69) is 0 Å². The highest BCUT2D eigenvalue weighted by atomic mass is 19.4. The molecule has 1 aromatic heterocycles. The number of anilines is 1. The van der Waals surface area contributed by atoms with Gasteiger partial charge in [-0.1, -0.05) is 18.2 Å². The van der Waals surface area contributed by atoms with Crippen LogP contribution < -0.4 is 15.3 Å². The predicted molar refractivity (Wildman–Crippen MR) is 102 cm³/mol. The van der Waals surface area contributed by atoms with Gasteiger partial charge in [0.25, 0.3) is 5.91 Å². The molecule has 1 heterocycles. The number of para-hydroxylation sites is 1. The van der Waals surface area contributed by atoms with E-state index in [0.717, 1.165) is 6.07 Å². The second kappa shape index (κ2) is 7.98. The zero-order chi connectivity index (χ0) is 21.2. The third-order valence-corrected chi connectivity index (χ3v) is 4.20. The van der Waals surface area contributed by atoms with Crippen LogP contribution in [0.5, 0.6) is 5.75 Å². The number of halogens is 3. The number of benzene rings is 2. The fourth-order valence-corrected chi connectivity index (χ4v) is 3.00. The third kappa shape index (κ3) is 4.59. The van der Waals surface area contributed by atoms with Gasteiger partial charge in [0.1, 0.15) is 11.3 Å². The van der Waals surface area contributed by atoms with Gasteiger partial charge >= 0.3 is 11.8 Å². The zero-order valence-corrected chi connectivity index (χ0v) is 15.7. The second-order valence-corrected chi connectivity index (χ2v) is 6.62. The van der Waals surface area contributed by atoms with Gasteiger partial charge in [-0.05, 0) is 38.1 Å². The summed E-state index contributed by atoms with van der Waals surface area (Å²) in [5.74, 6) is -0.207. The molecular formula is C21H18F3NO4. The number of fused-ring (bicyclic) bond motifs is 1. The van der Waals surface area contributed by atoms with Gasteiger partial charge in [0.05, 0.1) is 5.56 Å². The highest BCUT2D eigenvalue weighted by Crippen LogP contribution is 2.34. The minimum Gasteiger partial charge on any atom is -0.484 e. The van der Waals surface area contributed by atoms with Gasteiger partial charge in [-0.15, -0.1) is 0 Å². The van der Waals surface area contributed by atoms with E-state index >= 15 is 0 Å². The number of amides is 1. The highest BCUT2D eigenvalue weighted by Gasteiger charge is 2.34. The largest absolute Gasteiger partial charge is 0.484 e. The molecule has 0 atom stereocenters. The van der Waals surface area contributed by atoms with Crippen LogP contribution in [0.4, 0.5) is 18.9 Å². The van der Waals surface area contributed by atoms with Gasteiger partial charge in [0.2, 0.25) is 0 Å². The average molecular weight is 405 g/mol. The van der Waals surface area contributed by atoms with Crippen molar-refractivity contribution in [3.63, 3.8) is 0 Å². The molecule has 29 heavy (non-hydrogen) atoms. The zero-order valence-electron chi connectivity index (χ0n) is 15.7. The molecule has 0 aliphatic carbocycles. The molecule has 8 heteroatoms. The molecule has 1 amide bonds. The number of carbonyl (C=O) groups excluding carboxylic acids is 1. The number of hydrogen-bond donors (Lipinski definition) is 0. The molecule has 3 rings (SSSR count). The summed E-state index contributed by atoms with van der Waals surface area (Å²) in [6.45, 7) is 3.38. The lowest BCUT2D eigenvalue weighted by atomic mass is 10.1. The maximum absolute atomic E-state index is 13.1. The molecule has 3 aromatic rings. The molecule has 5 nitrogen and oxygen atoms in total. The van der Waals surface area contributed by atoms with Crippen molar-refractivity contribution in [1.82, 2.24) is 0 Å². The van der Waals surface area contributed by atoms with Crippen LogP contribution >= 0.6 is 0 Å². The van der Waals surface area contributed by atoms with Gasteiger partial charge in [-0.3, -0.25) is 4.79 Å². The molecule has 0 unspecified atom stereocenters. The predicted octanol–water partition coefficient (Wildman–Crippen LogP) is 4.63. The fourth-order valence-electron chi connectivity index (χ4n) is 3.00. The van der Waals surface area contributed by atoms with E-state index in [4.69, 9.17) is 9.15 Å². The lowest BCUT2D eigenvalue weighted by Crippen LogP contribution is -2.40. The Balaban J connectivity index is 1.83. The van der Waals surface area contributed by atoms with Gasteiger partial charge in [-0.25, -0.2) is 4.79 Å². The first-order valence-corrected chi connectivity index (χ1v) is 8.82. The SMILES string of the molecule is CC(C)N(C(=O)COc1ccc2c(C(F)(F)F)cc(=O)oc2c1)c1ccccc1. The van der Waals surface area contributed by atoms with Crippen molar-refractivity contribution in [2.45, 2.75) is 26.1 Å². The summed E-state index contributed by atoms with van der Waals surface area (Å²) in [7, 11) is 0. The van der Waals surface area contributed by atoms with Crippen molar-refractivity contribution in [3.8, 4) is 5.75 Å². The molecular weight excluding hydrogens is 387 g/mol. The number of nitrogens with zero attached hydrogens (tertiary/aromatic N) is 1. The van der Waals surface area contributed by atoms with Crippen LogP contribution in [0.25, 0.3) is 11.0 Å². The number of carbonyl (C=O) groups is 1. The second-order valence-electron chi connectivity index (χ2n) is 6.62. The van der Waals surface area contributed by atoms with E-state index in [9.17, 15) is 22.8 Å². The first-order valence-electron chi connectivity index (χ1n) is 8.82. The molecule has 0 saturated heterocycles. The molecule has 0 bridgehead atoms. The Labute approximate surface area is 164 Å². The van der Waals surface area contributed by atoms with E-state index in [0.29, 0.717) is 11.8 Å².